The van der Waals surface area contributed by atoms with Crippen molar-refractivity contribution in [2.75, 3.05) is 24.7 Å². The number of fused-ring (bicyclic) bond motifs is 1. The predicted octanol–water partition coefficient (Wildman–Crippen LogP) is 7.11. The topological polar surface area (TPSA) is 111 Å². The van der Waals surface area contributed by atoms with Crippen molar-refractivity contribution in [2.45, 2.75) is 49.2 Å². The molecule has 0 spiro atoms. The van der Waals surface area contributed by atoms with Crippen LogP contribution in [0.1, 0.15) is 54.5 Å². The number of ketones is 1. The lowest BCUT2D eigenvalue weighted by Crippen LogP contribution is -2.29. The van der Waals surface area contributed by atoms with Crippen molar-refractivity contribution < 1.29 is 28.9 Å². The van der Waals surface area contributed by atoms with E-state index in [1.54, 1.807) is 24.3 Å². The van der Waals surface area contributed by atoms with Gasteiger partial charge in [0, 0.05) is 11.3 Å². The van der Waals surface area contributed by atoms with Crippen LogP contribution in [0.4, 0.5) is 5.13 Å². The fraction of sp³-hybridized carbons (Fsp3) is 0.294. The van der Waals surface area contributed by atoms with Gasteiger partial charge in [0.1, 0.15) is 24.7 Å². The summed E-state index contributed by atoms with van der Waals surface area (Å²) < 4.78 is 18.0. The molecular formula is C34H33N3O6S2. The van der Waals surface area contributed by atoms with Gasteiger partial charge in [-0.2, -0.15) is 0 Å². The molecule has 232 valence electrons. The zero-order chi connectivity index (χ0) is 31.3. The number of aliphatic hydroxyl groups excluding tert-OH is 1. The number of thioether (sulfide) groups is 1. The second-order valence-electron chi connectivity index (χ2n) is 10.8. The van der Waals surface area contributed by atoms with E-state index in [0.29, 0.717) is 58.3 Å². The average Bonchev–Trinajstić information content (AvgIpc) is 3.64. The van der Waals surface area contributed by atoms with Gasteiger partial charge in [-0.25, -0.2) is 0 Å². The number of carbonyl (C=O) groups excluding carboxylic acids is 2. The third-order valence-corrected chi connectivity index (χ3v) is 9.66. The Labute approximate surface area is 269 Å². The van der Waals surface area contributed by atoms with Crippen molar-refractivity contribution in [2.24, 2.45) is 0 Å². The van der Waals surface area contributed by atoms with Gasteiger partial charge in [0.25, 0.3) is 5.78 Å². The number of aromatic nitrogens is 2. The minimum atomic E-state index is -0.958. The van der Waals surface area contributed by atoms with Gasteiger partial charge >= 0.3 is 5.91 Å². The average molecular weight is 644 g/mol. The van der Waals surface area contributed by atoms with Gasteiger partial charge in [-0.1, -0.05) is 84.8 Å². The maximum atomic E-state index is 13.7. The smallest absolute Gasteiger partial charge is 0.301 e. The van der Waals surface area contributed by atoms with Gasteiger partial charge < -0.3 is 19.3 Å². The van der Waals surface area contributed by atoms with Crippen LogP contribution in [0.5, 0.6) is 17.2 Å². The Morgan fingerprint density at radius 1 is 1.02 bits per heavy atom. The van der Waals surface area contributed by atoms with Gasteiger partial charge in [-0.05, 0) is 54.8 Å². The summed E-state index contributed by atoms with van der Waals surface area (Å²) in [6, 6.07) is 19.5. The van der Waals surface area contributed by atoms with Crippen molar-refractivity contribution in [3.8, 4) is 17.2 Å². The van der Waals surface area contributed by atoms with Crippen LogP contribution in [-0.4, -0.2) is 46.8 Å². The molecule has 11 heteroatoms. The molecule has 3 aromatic carbocycles. The molecule has 4 aromatic rings. The van der Waals surface area contributed by atoms with Gasteiger partial charge in [-0.15, -0.1) is 10.2 Å². The van der Waals surface area contributed by atoms with Gasteiger partial charge in [0.15, 0.2) is 15.8 Å². The van der Waals surface area contributed by atoms with E-state index in [1.165, 1.54) is 33.6 Å². The van der Waals surface area contributed by atoms with Crippen molar-refractivity contribution >= 4 is 45.7 Å². The molecule has 45 heavy (non-hydrogen) atoms. The Morgan fingerprint density at radius 2 is 1.82 bits per heavy atom. The summed E-state index contributed by atoms with van der Waals surface area (Å²) in [7, 11) is 0. The molecular weight excluding hydrogens is 611 g/mol. The Morgan fingerprint density at radius 3 is 2.62 bits per heavy atom. The predicted molar refractivity (Wildman–Crippen MR) is 174 cm³/mol. The molecule has 6 rings (SSSR count). The van der Waals surface area contributed by atoms with Gasteiger partial charge in [0.05, 0.1) is 18.2 Å². The standard InChI is InChI=1S/C34H33N3O6S2/c1-3-4-5-15-41-25-8-6-7-23(18-25)29-28(30(38)24-13-14-26-27(19-24)43-17-16-42-26)31(39)32(40)37(29)33-35-36-34(45-33)44-20-22-11-9-21(2)10-12-22/h6-14,18-19,29,38H,3-5,15-17,20H2,1-2H3. The number of anilines is 1. The van der Waals surface area contributed by atoms with Crippen molar-refractivity contribution in [1.29, 1.82) is 0 Å². The second kappa shape index (κ2) is 13.7. The van der Waals surface area contributed by atoms with Crippen LogP contribution in [0, 0.1) is 6.92 Å². The molecule has 1 aromatic heterocycles. The number of benzene rings is 3. The number of Topliss-reactive ketones (excluding diaryl/α,β-unsaturated/α-hetero) is 1. The van der Waals surface area contributed by atoms with Crippen LogP contribution in [0.25, 0.3) is 5.76 Å². The number of aliphatic hydroxyl groups is 1. The van der Waals surface area contributed by atoms with Gasteiger partial charge in [0.2, 0.25) is 5.13 Å². The summed E-state index contributed by atoms with van der Waals surface area (Å²) >= 11 is 2.74. The Balaban J connectivity index is 1.37. The van der Waals surface area contributed by atoms with Gasteiger partial charge in [-0.3, -0.25) is 14.5 Å². The fourth-order valence-corrected chi connectivity index (χ4v) is 7.02. The third kappa shape index (κ3) is 6.69. The van der Waals surface area contributed by atoms with Crippen LogP contribution in [0.15, 0.2) is 76.6 Å². The number of unbranched alkanes of at least 4 members (excludes halogenated alkanes) is 2. The molecule has 1 saturated heterocycles. The van der Waals surface area contributed by atoms with E-state index in [9.17, 15) is 14.7 Å². The highest BCUT2D eigenvalue weighted by atomic mass is 32.2. The van der Waals surface area contributed by atoms with E-state index in [4.69, 9.17) is 14.2 Å². The minimum Gasteiger partial charge on any atom is -0.507 e. The summed E-state index contributed by atoms with van der Waals surface area (Å²) in [5.74, 6) is 0.375. The number of amides is 1. The van der Waals surface area contributed by atoms with Crippen molar-refractivity contribution in [1.82, 2.24) is 10.2 Å². The molecule has 1 atom stereocenters. The molecule has 9 nitrogen and oxygen atoms in total. The van der Waals surface area contributed by atoms with E-state index >= 15 is 0 Å². The molecule has 2 aliphatic rings. The zero-order valence-electron chi connectivity index (χ0n) is 25.0. The normalized spacial score (nSPS) is 17.1. The van der Waals surface area contributed by atoms with Crippen LogP contribution < -0.4 is 19.1 Å². The van der Waals surface area contributed by atoms with Crippen LogP contribution in [0.3, 0.4) is 0 Å². The number of hydrogen-bond donors (Lipinski definition) is 1. The number of carbonyl (C=O) groups is 2. The van der Waals surface area contributed by atoms with Crippen molar-refractivity contribution in [3.63, 3.8) is 0 Å². The summed E-state index contributed by atoms with van der Waals surface area (Å²) in [6.07, 6.45) is 3.04. The molecule has 2 aliphatic heterocycles. The molecule has 0 aliphatic carbocycles. The Hall–Kier alpha value is -4.35. The first-order chi connectivity index (χ1) is 21.9. The van der Waals surface area contributed by atoms with E-state index in [-0.39, 0.29) is 16.5 Å². The molecule has 1 fully saturated rings. The van der Waals surface area contributed by atoms with Crippen LogP contribution >= 0.6 is 23.1 Å². The van der Waals surface area contributed by atoms with Crippen LogP contribution in [-0.2, 0) is 15.3 Å². The summed E-state index contributed by atoms with van der Waals surface area (Å²) in [4.78, 5) is 28.7. The maximum Gasteiger partial charge on any atom is 0.301 e. The first-order valence-corrected chi connectivity index (χ1v) is 16.7. The monoisotopic (exact) mass is 643 g/mol. The molecule has 0 bridgehead atoms. The molecule has 0 saturated carbocycles. The van der Waals surface area contributed by atoms with Crippen LogP contribution in [0.2, 0.25) is 0 Å². The summed E-state index contributed by atoms with van der Waals surface area (Å²) in [5.41, 5.74) is 3.21. The highest BCUT2D eigenvalue weighted by molar-refractivity contribution is 8.00. The first kappa shape index (κ1) is 30.7. The number of aryl methyl sites for hydroxylation is 1. The summed E-state index contributed by atoms with van der Waals surface area (Å²) in [6.45, 7) is 5.51. The van der Waals surface area contributed by atoms with E-state index in [0.717, 1.165) is 24.8 Å². The third-order valence-electron chi connectivity index (χ3n) is 7.54. The SMILES string of the molecule is CCCCCOc1cccc(C2C(=C(O)c3ccc4c(c3)OCCO4)C(=O)C(=O)N2c2nnc(SCc3ccc(C)cc3)s2)c1. The number of rotatable bonds is 11. The maximum absolute atomic E-state index is 13.7. The van der Waals surface area contributed by atoms with E-state index in [2.05, 4.69) is 41.4 Å². The molecule has 1 amide bonds. The zero-order valence-corrected chi connectivity index (χ0v) is 26.7. The number of hydrogen-bond acceptors (Lipinski definition) is 10. The molecule has 0 radical (unpaired) electrons. The summed E-state index contributed by atoms with van der Waals surface area (Å²) in [5, 5.41) is 20.6. The highest BCUT2D eigenvalue weighted by Gasteiger charge is 2.48. The quantitative estimate of drug-likeness (QED) is 0.0457. The lowest BCUT2D eigenvalue weighted by molar-refractivity contribution is -0.132. The number of nitrogens with zero attached hydrogens (tertiary/aromatic N) is 3. The Kier molecular flexibility index (Phi) is 9.37. The number of ether oxygens (including phenoxy) is 3. The molecule has 3 heterocycles. The first-order valence-electron chi connectivity index (χ1n) is 14.9. The fourth-order valence-electron chi connectivity index (χ4n) is 5.20. The lowest BCUT2D eigenvalue weighted by Gasteiger charge is -2.23. The second-order valence-corrected chi connectivity index (χ2v) is 13.0. The largest absolute Gasteiger partial charge is 0.507 e. The lowest BCUT2D eigenvalue weighted by atomic mass is 9.95. The molecule has 1 N–H and O–H groups in total. The highest BCUT2D eigenvalue weighted by Crippen LogP contribution is 2.45. The van der Waals surface area contributed by atoms with E-state index in [1.807, 2.05) is 25.1 Å². The van der Waals surface area contributed by atoms with Crippen molar-refractivity contribution in [3.05, 3.63) is 94.6 Å². The Bertz CT molecular complexity index is 1740. The minimum absolute atomic E-state index is 0.0520. The van der Waals surface area contributed by atoms with E-state index < -0.39 is 17.7 Å². The molecule has 1 unspecified atom stereocenters.